The summed E-state index contributed by atoms with van der Waals surface area (Å²) in [5.41, 5.74) is 0. The number of rotatable bonds is 4. The Balaban J connectivity index is 2.42. The van der Waals surface area contributed by atoms with Gasteiger partial charge in [-0.25, -0.2) is 21.6 Å². The van der Waals surface area contributed by atoms with Crippen molar-refractivity contribution in [2.24, 2.45) is 0 Å². The van der Waals surface area contributed by atoms with Gasteiger partial charge < -0.3 is 0 Å². The Labute approximate surface area is 122 Å². The van der Waals surface area contributed by atoms with Crippen LogP contribution >= 0.6 is 0 Å². The number of nitrogens with zero attached hydrogens (tertiary/aromatic N) is 1. The molecule has 1 fully saturated rings. The molecule has 0 amide bonds. The summed E-state index contributed by atoms with van der Waals surface area (Å²) in [5.74, 6) is -4.80. The molecule has 1 aromatic carbocycles. The number of halogens is 3. The molecule has 0 bridgehead atoms. The summed E-state index contributed by atoms with van der Waals surface area (Å²) in [5, 5.41) is 0. The van der Waals surface area contributed by atoms with Gasteiger partial charge in [0.2, 0.25) is 10.0 Å². The zero-order chi connectivity index (χ0) is 15.6. The van der Waals surface area contributed by atoms with E-state index >= 15 is 0 Å². The van der Waals surface area contributed by atoms with E-state index in [0.29, 0.717) is 18.9 Å². The molecule has 0 atom stereocenters. The molecule has 0 aliphatic heterocycles. The van der Waals surface area contributed by atoms with Gasteiger partial charge in [-0.2, -0.15) is 4.31 Å². The SMILES string of the molecule is CCN(C1CCCCC1)S(=O)(=O)c1ccc(F)c(F)c1F. The average molecular weight is 321 g/mol. The number of hydrogen-bond donors (Lipinski definition) is 0. The molecule has 3 nitrogen and oxygen atoms in total. The van der Waals surface area contributed by atoms with Crippen LogP contribution in [0.2, 0.25) is 0 Å². The Kier molecular flexibility index (Phi) is 4.93. The molecule has 1 saturated carbocycles. The molecule has 0 saturated heterocycles. The molecular weight excluding hydrogens is 303 g/mol. The van der Waals surface area contributed by atoms with Gasteiger partial charge in [0.15, 0.2) is 17.5 Å². The van der Waals surface area contributed by atoms with Crippen molar-refractivity contribution in [1.29, 1.82) is 0 Å². The molecule has 2 rings (SSSR count). The Hall–Kier alpha value is -1.08. The van der Waals surface area contributed by atoms with Crippen molar-refractivity contribution in [2.45, 2.75) is 50.0 Å². The van der Waals surface area contributed by atoms with Crippen molar-refractivity contribution in [3.8, 4) is 0 Å². The molecular formula is C14H18F3NO2S. The van der Waals surface area contributed by atoms with Gasteiger partial charge in [0.25, 0.3) is 0 Å². The van der Waals surface area contributed by atoms with E-state index in [1.807, 2.05) is 0 Å². The van der Waals surface area contributed by atoms with Gasteiger partial charge in [-0.05, 0) is 25.0 Å². The largest absolute Gasteiger partial charge is 0.246 e. The maximum atomic E-state index is 13.8. The lowest BCUT2D eigenvalue weighted by atomic mass is 9.95. The third-order valence-corrected chi connectivity index (χ3v) is 5.92. The minimum absolute atomic E-state index is 0.172. The van der Waals surface area contributed by atoms with Crippen LogP contribution in [0.5, 0.6) is 0 Å². The van der Waals surface area contributed by atoms with E-state index in [4.69, 9.17) is 0 Å². The highest BCUT2D eigenvalue weighted by atomic mass is 32.2. The standard InChI is InChI=1S/C14H18F3NO2S/c1-2-18(10-6-4-3-5-7-10)21(19,20)12-9-8-11(15)13(16)14(12)17/h8-10H,2-7H2,1H3. The Morgan fingerprint density at radius 2 is 1.71 bits per heavy atom. The first-order valence-electron chi connectivity index (χ1n) is 7.05. The second-order valence-corrected chi connectivity index (χ2v) is 7.03. The predicted molar refractivity (Wildman–Crippen MR) is 72.8 cm³/mol. The normalized spacial score (nSPS) is 17.4. The van der Waals surface area contributed by atoms with Crippen LogP contribution in [-0.2, 0) is 10.0 Å². The predicted octanol–water partition coefficient (Wildman–Crippen LogP) is 3.45. The highest BCUT2D eigenvalue weighted by molar-refractivity contribution is 7.89. The zero-order valence-corrected chi connectivity index (χ0v) is 12.6. The van der Waals surface area contributed by atoms with Crippen LogP contribution in [0.3, 0.4) is 0 Å². The highest BCUT2D eigenvalue weighted by Gasteiger charge is 2.34. The van der Waals surface area contributed by atoms with Gasteiger partial charge in [-0.3, -0.25) is 0 Å². The molecule has 1 aliphatic carbocycles. The number of benzene rings is 1. The summed E-state index contributed by atoms with van der Waals surface area (Å²) in [6.07, 6.45) is 4.29. The first-order chi connectivity index (χ1) is 9.89. The van der Waals surface area contributed by atoms with E-state index in [-0.39, 0.29) is 12.6 Å². The monoisotopic (exact) mass is 321 g/mol. The van der Waals surface area contributed by atoms with E-state index in [0.717, 1.165) is 25.3 Å². The van der Waals surface area contributed by atoms with Crippen LogP contribution in [0.15, 0.2) is 17.0 Å². The third kappa shape index (κ3) is 3.08. The van der Waals surface area contributed by atoms with E-state index in [1.54, 1.807) is 6.92 Å². The maximum absolute atomic E-state index is 13.8. The topological polar surface area (TPSA) is 37.4 Å². The molecule has 1 aromatic rings. The fraction of sp³-hybridized carbons (Fsp3) is 0.571. The third-order valence-electron chi connectivity index (χ3n) is 3.88. The lowest BCUT2D eigenvalue weighted by Gasteiger charge is -2.32. The maximum Gasteiger partial charge on any atom is 0.246 e. The molecule has 0 aromatic heterocycles. The highest BCUT2D eigenvalue weighted by Crippen LogP contribution is 2.29. The van der Waals surface area contributed by atoms with Gasteiger partial charge in [-0.1, -0.05) is 26.2 Å². The van der Waals surface area contributed by atoms with E-state index in [1.165, 1.54) is 4.31 Å². The molecule has 1 aliphatic rings. The van der Waals surface area contributed by atoms with Crippen molar-refractivity contribution in [2.75, 3.05) is 6.54 Å². The molecule has 21 heavy (non-hydrogen) atoms. The molecule has 118 valence electrons. The second kappa shape index (κ2) is 6.36. The van der Waals surface area contributed by atoms with Gasteiger partial charge in [-0.15, -0.1) is 0 Å². The second-order valence-electron chi connectivity index (χ2n) is 5.17. The van der Waals surface area contributed by atoms with Crippen LogP contribution in [0, 0.1) is 17.5 Å². The summed E-state index contributed by atoms with van der Waals surface area (Å²) in [6.45, 7) is 1.83. The molecule has 0 heterocycles. The smallest absolute Gasteiger partial charge is 0.207 e. The van der Waals surface area contributed by atoms with Gasteiger partial charge in [0, 0.05) is 12.6 Å². The summed E-state index contributed by atoms with van der Waals surface area (Å²) >= 11 is 0. The molecule has 0 radical (unpaired) electrons. The fourth-order valence-electron chi connectivity index (χ4n) is 2.83. The fourth-order valence-corrected chi connectivity index (χ4v) is 4.58. The summed E-state index contributed by atoms with van der Waals surface area (Å²) < 4.78 is 66.3. The summed E-state index contributed by atoms with van der Waals surface area (Å²) in [6, 6.07) is 1.22. The van der Waals surface area contributed by atoms with E-state index < -0.39 is 32.4 Å². The zero-order valence-electron chi connectivity index (χ0n) is 11.8. The van der Waals surface area contributed by atoms with Crippen LogP contribution < -0.4 is 0 Å². The van der Waals surface area contributed by atoms with Crippen molar-refractivity contribution in [3.63, 3.8) is 0 Å². The first kappa shape index (κ1) is 16.3. The van der Waals surface area contributed by atoms with Crippen molar-refractivity contribution in [3.05, 3.63) is 29.6 Å². The average Bonchev–Trinajstić information content (AvgIpc) is 2.46. The van der Waals surface area contributed by atoms with Crippen LogP contribution in [0.25, 0.3) is 0 Å². The van der Waals surface area contributed by atoms with Gasteiger partial charge >= 0.3 is 0 Å². The summed E-state index contributed by atoms with van der Waals surface area (Å²) in [4.78, 5) is -0.797. The lowest BCUT2D eigenvalue weighted by Crippen LogP contribution is -2.41. The minimum atomic E-state index is -4.17. The Bertz CT molecular complexity index is 613. The summed E-state index contributed by atoms with van der Waals surface area (Å²) in [7, 11) is -4.17. The van der Waals surface area contributed by atoms with Crippen LogP contribution in [-0.4, -0.2) is 25.3 Å². The lowest BCUT2D eigenvalue weighted by molar-refractivity contribution is 0.260. The van der Waals surface area contributed by atoms with Gasteiger partial charge in [0.05, 0.1) is 0 Å². The number of hydrogen-bond acceptors (Lipinski definition) is 2. The minimum Gasteiger partial charge on any atom is -0.207 e. The Morgan fingerprint density at radius 3 is 2.29 bits per heavy atom. The van der Waals surface area contributed by atoms with E-state index in [2.05, 4.69) is 0 Å². The van der Waals surface area contributed by atoms with Crippen molar-refractivity contribution in [1.82, 2.24) is 4.31 Å². The molecule has 0 spiro atoms. The van der Waals surface area contributed by atoms with Gasteiger partial charge in [0.1, 0.15) is 4.90 Å². The van der Waals surface area contributed by atoms with Crippen LogP contribution in [0.4, 0.5) is 13.2 Å². The van der Waals surface area contributed by atoms with Crippen LogP contribution in [0.1, 0.15) is 39.0 Å². The van der Waals surface area contributed by atoms with Crippen molar-refractivity contribution < 1.29 is 21.6 Å². The Morgan fingerprint density at radius 1 is 1.10 bits per heavy atom. The van der Waals surface area contributed by atoms with E-state index in [9.17, 15) is 21.6 Å². The first-order valence-corrected chi connectivity index (χ1v) is 8.49. The molecule has 0 N–H and O–H groups in total. The number of sulfonamides is 1. The molecule has 0 unspecified atom stereocenters. The van der Waals surface area contributed by atoms with Crippen molar-refractivity contribution >= 4 is 10.0 Å². The molecule has 7 heteroatoms. The quantitative estimate of drug-likeness (QED) is 0.797.